The Hall–Kier alpha value is -2.57. The minimum atomic E-state index is -4.23. The number of carbonyl (C=O) groups is 3. The fourth-order valence-corrected chi connectivity index (χ4v) is 4.41. The number of halogens is 3. The second-order valence-electron chi connectivity index (χ2n) is 9.28. The van der Waals surface area contributed by atoms with Crippen molar-refractivity contribution < 1.29 is 28.3 Å². The van der Waals surface area contributed by atoms with Crippen molar-refractivity contribution in [2.45, 2.75) is 64.0 Å². The van der Waals surface area contributed by atoms with E-state index < -0.39 is 47.5 Å². The number of aliphatic hydroxyl groups is 1. The number of ketones is 1. The Morgan fingerprint density at radius 2 is 2.00 bits per heavy atom. The van der Waals surface area contributed by atoms with Gasteiger partial charge in [0.05, 0.1) is 6.07 Å². The molecule has 1 heterocycles. The molecule has 1 aliphatic rings. The predicted molar refractivity (Wildman–Crippen MR) is 122 cm³/mol. The van der Waals surface area contributed by atoms with Crippen molar-refractivity contribution >= 4 is 29.2 Å². The lowest BCUT2D eigenvalue weighted by Gasteiger charge is -2.33. The molecule has 0 radical (unpaired) electrons. The van der Waals surface area contributed by atoms with Gasteiger partial charge in [-0.15, -0.1) is 0 Å². The van der Waals surface area contributed by atoms with Gasteiger partial charge in [0, 0.05) is 35.4 Å². The van der Waals surface area contributed by atoms with Crippen LogP contribution in [0.4, 0.5) is 8.78 Å². The third-order valence-corrected chi connectivity index (χ3v) is 6.40. The van der Waals surface area contributed by atoms with Crippen LogP contribution >= 0.6 is 11.6 Å². The SMILES string of the molecule is CC(C)C[C@H](CC(=O)C(F)(F)[C@@](C)(O)c1ccccc1Cl)C(=O)N[C@H](C#N)C[C@@H]1CCNC1=O. The summed E-state index contributed by atoms with van der Waals surface area (Å²) >= 11 is 5.97. The van der Waals surface area contributed by atoms with E-state index in [1.807, 2.05) is 6.07 Å². The van der Waals surface area contributed by atoms with E-state index in [1.165, 1.54) is 24.3 Å². The van der Waals surface area contributed by atoms with Crippen LogP contribution in [0.5, 0.6) is 0 Å². The first-order valence-corrected chi connectivity index (χ1v) is 11.5. The third-order valence-electron chi connectivity index (χ3n) is 6.07. The summed E-state index contributed by atoms with van der Waals surface area (Å²) in [7, 11) is 0. The zero-order chi connectivity index (χ0) is 25.7. The number of nitrogens with zero attached hydrogens (tertiary/aromatic N) is 1. The summed E-state index contributed by atoms with van der Waals surface area (Å²) in [5.74, 6) is -8.45. The van der Waals surface area contributed by atoms with Crippen molar-refractivity contribution in [3.8, 4) is 6.07 Å². The van der Waals surface area contributed by atoms with Crippen LogP contribution in [-0.4, -0.2) is 41.2 Å². The molecule has 10 heteroatoms. The monoisotopic (exact) mass is 497 g/mol. The largest absolute Gasteiger partial charge is 0.379 e. The van der Waals surface area contributed by atoms with Gasteiger partial charge in [0.15, 0.2) is 5.60 Å². The van der Waals surface area contributed by atoms with Crippen LogP contribution < -0.4 is 10.6 Å². The summed E-state index contributed by atoms with van der Waals surface area (Å²) in [4.78, 5) is 37.4. The number of hydrogen-bond donors (Lipinski definition) is 3. The number of benzene rings is 1. The maximum Gasteiger partial charge on any atom is 0.337 e. The summed E-state index contributed by atoms with van der Waals surface area (Å²) in [6.07, 6.45) is -0.0957. The molecule has 186 valence electrons. The Balaban J connectivity index is 2.18. The number of carbonyl (C=O) groups excluding carboxylic acids is 3. The Morgan fingerprint density at radius 3 is 2.53 bits per heavy atom. The zero-order valence-corrected chi connectivity index (χ0v) is 20.2. The lowest BCUT2D eigenvalue weighted by Crippen LogP contribution is -2.50. The van der Waals surface area contributed by atoms with Crippen LogP contribution in [0, 0.1) is 29.1 Å². The number of Topliss-reactive ketones (excluding diaryl/α,β-unsaturated/α-hetero) is 1. The molecule has 1 aromatic carbocycles. The van der Waals surface area contributed by atoms with E-state index in [0.29, 0.717) is 13.0 Å². The number of alkyl halides is 2. The average Bonchev–Trinajstić information content (AvgIpc) is 3.16. The maximum atomic E-state index is 15.2. The number of amides is 2. The third kappa shape index (κ3) is 6.30. The minimum absolute atomic E-state index is 0.0911. The van der Waals surface area contributed by atoms with E-state index in [0.717, 1.165) is 6.92 Å². The first kappa shape index (κ1) is 27.7. The number of nitrogens with one attached hydrogen (secondary N) is 2. The van der Waals surface area contributed by atoms with Crippen LogP contribution in [0.25, 0.3) is 0 Å². The Morgan fingerprint density at radius 1 is 1.35 bits per heavy atom. The highest BCUT2D eigenvalue weighted by Gasteiger charge is 2.57. The highest BCUT2D eigenvalue weighted by molar-refractivity contribution is 6.31. The molecule has 1 aromatic rings. The molecule has 0 aromatic heterocycles. The second kappa shape index (κ2) is 11.2. The summed E-state index contributed by atoms with van der Waals surface area (Å²) < 4.78 is 30.4. The van der Waals surface area contributed by atoms with Crippen LogP contribution in [0.2, 0.25) is 5.02 Å². The van der Waals surface area contributed by atoms with Gasteiger partial charge in [-0.05, 0) is 38.2 Å². The fourth-order valence-electron chi connectivity index (χ4n) is 4.09. The van der Waals surface area contributed by atoms with Gasteiger partial charge in [0.25, 0.3) is 0 Å². The molecule has 4 atom stereocenters. The van der Waals surface area contributed by atoms with Gasteiger partial charge in [-0.1, -0.05) is 43.6 Å². The molecular weight excluding hydrogens is 468 g/mol. The van der Waals surface area contributed by atoms with Crippen molar-refractivity contribution in [2.75, 3.05) is 6.54 Å². The molecule has 0 unspecified atom stereocenters. The summed E-state index contributed by atoms with van der Waals surface area (Å²) in [6.45, 7) is 4.84. The molecule has 7 nitrogen and oxygen atoms in total. The molecular formula is C24H30ClF2N3O4. The van der Waals surface area contributed by atoms with Crippen LogP contribution in [0.3, 0.4) is 0 Å². The fraction of sp³-hybridized carbons (Fsp3) is 0.583. The van der Waals surface area contributed by atoms with E-state index in [2.05, 4.69) is 10.6 Å². The van der Waals surface area contributed by atoms with Crippen molar-refractivity contribution in [3.05, 3.63) is 34.9 Å². The van der Waals surface area contributed by atoms with Crippen LogP contribution in [0.1, 0.15) is 52.0 Å². The first-order chi connectivity index (χ1) is 15.8. The normalized spacial score (nSPS) is 19.6. The second-order valence-corrected chi connectivity index (χ2v) is 9.69. The smallest absolute Gasteiger partial charge is 0.337 e. The summed E-state index contributed by atoms with van der Waals surface area (Å²) in [5.41, 5.74) is -3.20. The van der Waals surface area contributed by atoms with Gasteiger partial charge >= 0.3 is 5.92 Å². The highest BCUT2D eigenvalue weighted by Crippen LogP contribution is 2.42. The van der Waals surface area contributed by atoms with E-state index in [4.69, 9.17) is 11.6 Å². The van der Waals surface area contributed by atoms with Gasteiger partial charge in [-0.3, -0.25) is 14.4 Å². The van der Waals surface area contributed by atoms with Crippen molar-refractivity contribution in [2.24, 2.45) is 17.8 Å². The topological polar surface area (TPSA) is 119 Å². The molecule has 34 heavy (non-hydrogen) atoms. The van der Waals surface area contributed by atoms with Crippen LogP contribution in [0.15, 0.2) is 24.3 Å². The van der Waals surface area contributed by atoms with Crippen molar-refractivity contribution in [3.63, 3.8) is 0 Å². The van der Waals surface area contributed by atoms with Gasteiger partial charge in [-0.2, -0.15) is 14.0 Å². The van der Waals surface area contributed by atoms with E-state index in [9.17, 15) is 24.8 Å². The van der Waals surface area contributed by atoms with Gasteiger partial charge in [-0.25, -0.2) is 0 Å². The summed E-state index contributed by atoms with van der Waals surface area (Å²) in [6, 6.07) is 6.38. The molecule has 1 saturated heterocycles. The van der Waals surface area contributed by atoms with E-state index >= 15 is 8.78 Å². The lowest BCUT2D eigenvalue weighted by atomic mass is 9.82. The van der Waals surface area contributed by atoms with Gasteiger partial charge < -0.3 is 15.7 Å². The zero-order valence-electron chi connectivity index (χ0n) is 19.4. The van der Waals surface area contributed by atoms with Crippen molar-refractivity contribution in [1.82, 2.24) is 10.6 Å². The Bertz CT molecular complexity index is 962. The molecule has 0 saturated carbocycles. The number of hydrogen-bond acceptors (Lipinski definition) is 5. The number of nitriles is 1. The van der Waals surface area contributed by atoms with Crippen LogP contribution in [-0.2, 0) is 20.0 Å². The molecule has 3 N–H and O–H groups in total. The minimum Gasteiger partial charge on any atom is -0.379 e. The maximum absolute atomic E-state index is 15.2. The predicted octanol–water partition coefficient (Wildman–Crippen LogP) is 3.34. The Kier molecular flexibility index (Phi) is 9.15. The molecule has 0 spiro atoms. The standard InChI is InChI=1S/C24H30ClF2N3O4/c1-14(2)10-16(22(33)30-17(13-28)11-15-8-9-29-21(15)32)12-20(31)24(26,27)23(3,34)18-6-4-5-7-19(18)25/h4-7,14-17,34H,8-12H2,1-3H3,(H,29,32)(H,30,33)/t15-,16+,17-,23-/m0/s1. The Labute approximate surface area is 202 Å². The molecule has 0 bridgehead atoms. The number of rotatable bonds is 11. The highest BCUT2D eigenvalue weighted by atomic mass is 35.5. The average molecular weight is 498 g/mol. The van der Waals surface area contributed by atoms with E-state index in [-0.39, 0.29) is 35.3 Å². The summed E-state index contributed by atoms with van der Waals surface area (Å²) in [5, 5.41) is 25.1. The van der Waals surface area contributed by atoms with E-state index in [1.54, 1.807) is 13.8 Å². The first-order valence-electron chi connectivity index (χ1n) is 11.2. The van der Waals surface area contributed by atoms with Crippen molar-refractivity contribution in [1.29, 1.82) is 5.26 Å². The molecule has 0 aliphatic carbocycles. The molecule has 2 rings (SSSR count). The lowest BCUT2D eigenvalue weighted by molar-refractivity contribution is -0.190. The quantitative estimate of drug-likeness (QED) is 0.433. The van der Waals surface area contributed by atoms with Gasteiger partial charge in [0.1, 0.15) is 6.04 Å². The molecule has 2 amide bonds. The molecule has 1 fully saturated rings. The molecule has 1 aliphatic heterocycles. The van der Waals surface area contributed by atoms with Gasteiger partial charge in [0.2, 0.25) is 17.6 Å².